The highest BCUT2D eigenvalue weighted by Gasteiger charge is 2.25. The molecule has 0 fully saturated rings. The van der Waals surface area contributed by atoms with Gasteiger partial charge < -0.3 is 15.8 Å². The van der Waals surface area contributed by atoms with Crippen LogP contribution in [0.1, 0.15) is 12.8 Å². The first-order valence-corrected chi connectivity index (χ1v) is 6.06. The summed E-state index contributed by atoms with van der Waals surface area (Å²) in [7, 11) is 1.48. The van der Waals surface area contributed by atoms with Crippen molar-refractivity contribution in [3.05, 3.63) is 33.9 Å². The van der Waals surface area contributed by atoms with E-state index in [1.54, 1.807) is 0 Å². The number of ether oxygens (including phenoxy) is 1. The van der Waals surface area contributed by atoms with Gasteiger partial charge in [-0.05, 0) is 18.9 Å². The van der Waals surface area contributed by atoms with E-state index in [1.165, 1.54) is 7.11 Å². The van der Waals surface area contributed by atoms with Crippen molar-refractivity contribution in [3.63, 3.8) is 0 Å². The van der Waals surface area contributed by atoms with Gasteiger partial charge in [0.2, 0.25) is 5.91 Å². The van der Waals surface area contributed by atoms with E-state index in [0.29, 0.717) is 19.1 Å². The number of anilines is 1. The summed E-state index contributed by atoms with van der Waals surface area (Å²) < 4.78 is 31.5. The van der Waals surface area contributed by atoms with Gasteiger partial charge in [0.05, 0.1) is 11.0 Å². The summed E-state index contributed by atoms with van der Waals surface area (Å²) in [5, 5.41) is 12.7. The first-order chi connectivity index (χ1) is 9.88. The maximum absolute atomic E-state index is 13.6. The number of benzene rings is 1. The predicted octanol–water partition coefficient (Wildman–Crippen LogP) is 1.57. The van der Waals surface area contributed by atoms with Crippen molar-refractivity contribution in [2.45, 2.75) is 18.9 Å². The number of nitrogens with one attached hydrogen (secondary N) is 1. The lowest BCUT2D eigenvalue weighted by molar-refractivity contribution is -0.384. The molecule has 0 saturated heterocycles. The maximum atomic E-state index is 13.6. The normalized spacial score (nSPS) is 12.0. The van der Waals surface area contributed by atoms with Gasteiger partial charge in [-0.3, -0.25) is 14.9 Å². The fourth-order valence-corrected chi connectivity index (χ4v) is 1.61. The van der Waals surface area contributed by atoms with Crippen molar-refractivity contribution >= 4 is 17.3 Å². The molecule has 1 amide bonds. The Hall–Kier alpha value is -2.13. The fourth-order valence-electron chi connectivity index (χ4n) is 1.61. The molecular formula is C12H15F2N3O4. The van der Waals surface area contributed by atoms with Crippen LogP contribution in [0.2, 0.25) is 0 Å². The van der Waals surface area contributed by atoms with Crippen molar-refractivity contribution in [3.8, 4) is 0 Å². The van der Waals surface area contributed by atoms with Crippen LogP contribution in [0.15, 0.2) is 12.1 Å². The van der Waals surface area contributed by atoms with Crippen LogP contribution in [0.5, 0.6) is 0 Å². The number of carbonyl (C=O) groups is 1. The highest BCUT2D eigenvalue weighted by atomic mass is 19.2. The molecule has 1 unspecified atom stereocenters. The number of nitro benzene ring substituents is 1. The number of nitro groups is 1. The molecule has 0 heterocycles. The Labute approximate surface area is 119 Å². The Bertz CT molecular complexity index is 539. The van der Waals surface area contributed by atoms with Crippen LogP contribution in [0, 0.1) is 21.7 Å². The van der Waals surface area contributed by atoms with Gasteiger partial charge in [0.25, 0.3) is 5.69 Å². The van der Waals surface area contributed by atoms with Crippen LogP contribution in [0.4, 0.5) is 20.2 Å². The molecule has 0 spiro atoms. The van der Waals surface area contributed by atoms with Gasteiger partial charge in [0.15, 0.2) is 17.3 Å². The third kappa shape index (κ3) is 4.43. The van der Waals surface area contributed by atoms with Gasteiger partial charge >= 0.3 is 0 Å². The second-order valence-electron chi connectivity index (χ2n) is 4.24. The second-order valence-corrected chi connectivity index (χ2v) is 4.24. The minimum Gasteiger partial charge on any atom is -0.385 e. The smallest absolute Gasteiger partial charge is 0.296 e. The highest BCUT2D eigenvalue weighted by molar-refractivity contribution is 5.96. The molecule has 0 aromatic heterocycles. The molecule has 0 aliphatic rings. The van der Waals surface area contributed by atoms with Gasteiger partial charge in [-0.15, -0.1) is 0 Å². The third-order valence-corrected chi connectivity index (χ3v) is 2.72. The molecule has 1 aromatic carbocycles. The van der Waals surface area contributed by atoms with Crippen LogP contribution in [-0.4, -0.2) is 30.6 Å². The van der Waals surface area contributed by atoms with Gasteiger partial charge in [-0.2, -0.15) is 0 Å². The average Bonchev–Trinajstić information content (AvgIpc) is 2.43. The fraction of sp³-hybridized carbons (Fsp3) is 0.417. The van der Waals surface area contributed by atoms with Crippen molar-refractivity contribution < 1.29 is 23.2 Å². The zero-order valence-electron chi connectivity index (χ0n) is 11.3. The standard InChI is InChI=1S/C12H15F2N3O4/c1-21-6-2-3-8(15)12(18)16-11-9(17(19)20)5-4-7(13)10(11)14/h4-5,8H,2-3,6,15H2,1H3,(H,16,18). The molecule has 0 bridgehead atoms. The van der Waals surface area contributed by atoms with Crippen LogP contribution < -0.4 is 11.1 Å². The number of hydrogen-bond acceptors (Lipinski definition) is 5. The SMILES string of the molecule is COCCCC(N)C(=O)Nc1c([N+](=O)[O-])ccc(F)c1F. The van der Waals surface area contributed by atoms with E-state index in [9.17, 15) is 23.7 Å². The average molecular weight is 303 g/mol. The van der Waals surface area contributed by atoms with E-state index >= 15 is 0 Å². The number of amides is 1. The number of nitrogens with zero attached hydrogens (tertiary/aromatic N) is 1. The van der Waals surface area contributed by atoms with E-state index in [-0.39, 0.29) is 6.42 Å². The maximum Gasteiger partial charge on any atom is 0.296 e. The summed E-state index contributed by atoms with van der Waals surface area (Å²) in [6, 6.07) is 0.369. The molecule has 0 aliphatic heterocycles. The van der Waals surface area contributed by atoms with E-state index in [4.69, 9.17) is 10.5 Å². The van der Waals surface area contributed by atoms with Crippen LogP contribution in [-0.2, 0) is 9.53 Å². The van der Waals surface area contributed by atoms with Gasteiger partial charge in [0, 0.05) is 19.8 Å². The number of nitrogens with two attached hydrogens (primary N) is 1. The number of rotatable bonds is 7. The summed E-state index contributed by atoms with van der Waals surface area (Å²) >= 11 is 0. The minimum atomic E-state index is -1.50. The van der Waals surface area contributed by atoms with E-state index in [0.717, 1.165) is 6.07 Å². The van der Waals surface area contributed by atoms with Crippen molar-refractivity contribution in [1.29, 1.82) is 0 Å². The van der Waals surface area contributed by atoms with Crippen molar-refractivity contribution in [2.24, 2.45) is 5.73 Å². The molecule has 0 aliphatic carbocycles. The number of methoxy groups -OCH3 is 1. The Morgan fingerprint density at radius 2 is 2.19 bits per heavy atom. The Balaban J connectivity index is 2.89. The van der Waals surface area contributed by atoms with Crippen molar-refractivity contribution in [2.75, 3.05) is 19.0 Å². The lowest BCUT2D eigenvalue weighted by atomic mass is 10.1. The van der Waals surface area contributed by atoms with Gasteiger partial charge in [0.1, 0.15) is 0 Å². The highest BCUT2D eigenvalue weighted by Crippen LogP contribution is 2.29. The molecule has 1 atom stereocenters. The zero-order valence-corrected chi connectivity index (χ0v) is 11.3. The number of hydrogen-bond donors (Lipinski definition) is 2. The molecule has 1 aromatic rings. The monoisotopic (exact) mass is 303 g/mol. The molecule has 9 heteroatoms. The molecule has 0 saturated carbocycles. The topological polar surface area (TPSA) is 107 Å². The van der Waals surface area contributed by atoms with Gasteiger partial charge in [-0.1, -0.05) is 0 Å². The lowest BCUT2D eigenvalue weighted by Crippen LogP contribution is -2.36. The van der Waals surface area contributed by atoms with Gasteiger partial charge in [-0.25, -0.2) is 8.78 Å². The Kier molecular flexibility index (Phi) is 6.12. The molecular weight excluding hydrogens is 288 g/mol. The first kappa shape index (κ1) is 16.9. The summed E-state index contributed by atoms with van der Waals surface area (Å²) in [4.78, 5) is 21.6. The number of halogens is 2. The Morgan fingerprint density at radius 1 is 1.52 bits per heavy atom. The number of carbonyl (C=O) groups excluding carboxylic acids is 1. The summed E-state index contributed by atoms with van der Waals surface area (Å²) in [5.74, 6) is -3.64. The molecule has 1 rings (SSSR count). The van der Waals surface area contributed by atoms with E-state index in [1.807, 2.05) is 5.32 Å². The van der Waals surface area contributed by atoms with Crippen molar-refractivity contribution in [1.82, 2.24) is 0 Å². The summed E-state index contributed by atoms with van der Waals surface area (Å²) in [6.45, 7) is 0.384. The van der Waals surface area contributed by atoms with E-state index in [2.05, 4.69) is 0 Å². The second kappa shape index (κ2) is 7.60. The zero-order chi connectivity index (χ0) is 16.0. The molecule has 7 nitrogen and oxygen atoms in total. The van der Waals surface area contributed by atoms with Crippen LogP contribution in [0.25, 0.3) is 0 Å². The molecule has 3 N–H and O–H groups in total. The summed E-state index contributed by atoms with van der Waals surface area (Å²) in [6.07, 6.45) is 0.725. The quantitative estimate of drug-likeness (QED) is 0.451. The largest absolute Gasteiger partial charge is 0.385 e. The summed E-state index contributed by atoms with van der Waals surface area (Å²) in [5.41, 5.74) is 4.00. The van der Waals surface area contributed by atoms with Crippen LogP contribution >= 0.6 is 0 Å². The van der Waals surface area contributed by atoms with E-state index < -0.39 is 39.9 Å². The Morgan fingerprint density at radius 3 is 2.76 bits per heavy atom. The predicted molar refractivity (Wildman–Crippen MR) is 70.7 cm³/mol. The van der Waals surface area contributed by atoms with Crippen LogP contribution in [0.3, 0.4) is 0 Å². The minimum absolute atomic E-state index is 0.240. The molecule has 0 radical (unpaired) electrons. The first-order valence-electron chi connectivity index (χ1n) is 6.06. The molecule has 21 heavy (non-hydrogen) atoms. The molecule has 116 valence electrons. The third-order valence-electron chi connectivity index (χ3n) is 2.72. The lowest BCUT2D eigenvalue weighted by Gasteiger charge is -2.12.